The second kappa shape index (κ2) is 4.41. The van der Waals surface area contributed by atoms with Gasteiger partial charge >= 0.3 is 5.97 Å². The maximum Gasteiger partial charge on any atom is 0.335 e. The molecule has 0 spiro atoms. The highest BCUT2D eigenvalue weighted by Crippen LogP contribution is 2.40. The number of fused-ring (bicyclic) bond motifs is 1. The quantitative estimate of drug-likeness (QED) is 0.799. The van der Waals surface area contributed by atoms with E-state index in [1.165, 1.54) is 0 Å². The molecule has 0 unspecified atom stereocenters. The lowest BCUT2D eigenvalue weighted by Gasteiger charge is -2.07. The highest BCUT2D eigenvalue weighted by atomic mass is 16.4. The van der Waals surface area contributed by atoms with E-state index in [1.807, 2.05) is 24.3 Å². The molecule has 5 nitrogen and oxygen atoms in total. The van der Waals surface area contributed by atoms with Crippen LogP contribution in [0.3, 0.4) is 0 Å². The van der Waals surface area contributed by atoms with Crippen LogP contribution in [0.2, 0.25) is 0 Å². The van der Waals surface area contributed by atoms with E-state index < -0.39 is 5.97 Å². The average molecular weight is 279 g/mol. The van der Waals surface area contributed by atoms with E-state index in [0.29, 0.717) is 6.04 Å². The molecule has 0 bridgehead atoms. The van der Waals surface area contributed by atoms with Gasteiger partial charge in [-0.25, -0.2) is 14.8 Å². The van der Waals surface area contributed by atoms with E-state index in [2.05, 4.69) is 14.5 Å². The van der Waals surface area contributed by atoms with Crippen molar-refractivity contribution in [3.63, 3.8) is 0 Å². The molecule has 21 heavy (non-hydrogen) atoms. The van der Waals surface area contributed by atoms with Gasteiger partial charge < -0.3 is 9.67 Å². The molecule has 3 aromatic rings. The van der Waals surface area contributed by atoms with Gasteiger partial charge in [-0.1, -0.05) is 12.1 Å². The first-order chi connectivity index (χ1) is 10.2. The minimum absolute atomic E-state index is 0.283. The number of benzene rings is 1. The summed E-state index contributed by atoms with van der Waals surface area (Å²) in [6.07, 6.45) is 4.06. The van der Waals surface area contributed by atoms with Crippen molar-refractivity contribution in [1.29, 1.82) is 0 Å². The molecule has 104 valence electrons. The first kappa shape index (κ1) is 12.1. The second-order valence-corrected chi connectivity index (χ2v) is 5.27. The van der Waals surface area contributed by atoms with Crippen molar-refractivity contribution >= 4 is 17.1 Å². The molecule has 4 rings (SSSR count). The fourth-order valence-electron chi connectivity index (χ4n) is 2.57. The Morgan fingerprint density at radius 3 is 2.62 bits per heavy atom. The van der Waals surface area contributed by atoms with Gasteiger partial charge in [0.05, 0.1) is 5.56 Å². The average Bonchev–Trinajstić information content (AvgIpc) is 3.27. The molecule has 1 aliphatic carbocycles. The Labute approximate surface area is 120 Å². The summed E-state index contributed by atoms with van der Waals surface area (Å²) in [4.78, 5) is 20.1. The molecular weight excluding hydrogens is 266 g/mol. The second-order valence-electron chi connectivity index (χ2n) is 5.27. The van der Waals surface area contributed by atoms with Gasteiger partial charge in [-0.15, -0.1) is 0 Å². The van der Waals surface area contributed by atoms with Gasteiger partial charge in [0.2, 0.25) is 0 Å². The van der Waals surface area contributed by atoms with Crippen molar-refractivity contribution in [3.05, 3.63) is 48.2 Å². The Morgan fingerprint density at radius 1 is 1.19 bits per heavy atom. The van der Waals surface area contributed by atoms with Gasteiger partial charge in [0.15, 0.2) is 5.65 Å². The molecule has 5 heteroatoms. The van der Waals surface area contributed by atoms with Crippen LogP contribution in [-0.2, 0) is 0 Å². The number of aromatic carboxylic acids is 1. The highest BCUT2D eigenvalue weighted by Gasteiger charge is 2.29. The fourth-order valence-corrected chi connectivity index (χ4v) is 2.57. The van der Waals surface area contributed by atoms with Crippen LogP contribution in [0.5, 0.6) is 0 Å². The predicted molar refractivity (Wildman–Crippen MR) is 78.2 cm³/mol. The topological polar surface area (TPSA) is 68.0 Å². The largest absolute Gasteiger partial charge is 0.478 e. The first-order valence-corrected chi connectivity index (χ1v) is 6.91. The van der Waals surface area contributed by atoms with Crippen molar-refractivity contribution in [3.8, 4) is 11.4 Å². The van der Waals surface area contributed by atoms with Crippen molar-refractivity contribution < 1.29 is 9.90 Å². The normalized spacial score (nSPS) is 14.5. The molecular formula is C16H13N3O2. The van der Waals surface area contributed by atoms with E-state index in [0.717, 1.165) is 35.4 Å². The van der Waals surface area contributed by atoms with Gasteiger partial charge in [0, 0.05) is 17.8 Å². The summed E-state index contributed by atoms with van der Waals surface area (Å²) in [5, 5.41) is 8.98. The number of pyridine rings is 1. The Morgan fingerprint density at radius 2 is 1.95 bits per heavy atom. The van der Waals surface area contributed by atoms with Gasteiger partial charge in [-0.05, 0) is 37.1 Å². The Hall–Kier alpha value is -2.69. The van der Waals surface area contributed by atoms with E-state index >= 15 is 0 Å². The number of hydrogen-bond acceptors (Lipinski definition) is 3. The smallest absolute Gasteiger partial charge is 0.335 e. The zero-order valence-electron chi connectivity index (χ0n) is 11.2. The van der Waals surface area contributed by atoms with Crippen LogP contribution in [0.15, 0.2) is 42.6 Å². The van der Waals surface area contributed by atoms with Crippen LogP contribution in [0.25, 0.3) is 22.6 Å². The number of nitrogens with zero attached hydrogens (tertiary/aromatic N) is 3. The number of rotatable bonds is 3. The molecule has 0 aliphatic heterocycles. The minimum atomic E-state index is -0.918. The summed E-state index contributed by atoms with van der Waals surface area (Å²) >= 11 is 0. The van der Waals surface area contributed by atoms with Crippen LogP contribution in [0.4, 0.5) is 0 Å². The Kier molecular flexibility index (Phi) is 2.54. The number of imidazole rings is 1. The number of carbonyl (C=O) groups is 1. The van der Waals surface area contributed by atoms with Crippen molar-refractivity contribution in [2.45, 2.75) is 18.9 Å². The number of carboxylic acid groups (broad SMARTS) is 1. The summed E-state index contributed by atoms with van der Waals surface area (Å²) in [5.41, 5.74) is 2.98. The lowest BCUT2D eigenvalue weighted by atomic mass is 10.1. The molecule has 1 aromatic carbocycles. The summed E-state index contributed by atoms with van der Waals surface area (Å²) < 4.78 is 2.17. The van der Waals surface area contributed by atoms with Crippen molar-refractivity contribution in [2.75, 3.05) is 0 Å². The van der Waals surface area contributed by atoms with Gasteiger partial charge in [-0.2, -0.15) is 0 Å². The maximum absolute atomic E-state index is 10.9. The van der Waals surface area contributed by atoms with Gasteiger partial charge in [-0.3, -0.25) is 0 Å². The number of hydrogen-bond donors (Lipinski definition) is 1. The zero-order chi connectivity index (χ0) is 14.4. The van der Waals surface area contributed by atoms with Crippen LogP contribution in [0, 0.1) is 0 Å². The monoisotopic (exact) mass is 279 g/mol. The molecule has 1 fully saturated rings. The summed E-state index contributed by atoms with van der Waals surface area (Å²) in [5.74, 6) is -0.0537. The van der Waals surface area contributed by atoms with Crippen LogP contribution in [0.1, 0.15) is 29.2 Å². The molecule has 0 amide bonds. The molecule has 0 saturated heterocycles. The van der Waals surface area contributed by atoms with Crippen molar-refractivity contribution in [2.24, 2.45) is 0 Å². The third-order valence-electron chi connectivity index (χ3n) is 3.75. The molecule has 1 saturated carbocycles. The van der Waals surface area contributed by atoms with Crippen LogP contribution >= 0.6 is 0 Å². The van der Waals surface area contributed by atoms with Crippen LogP contribution in [-0.4, -0.2) is 25.6 Å². The standard InChI is InChI=1S/C16H13N3O2/c20-16(21)11-5-3-10(4-6-11)14-18-13-2-1-9-17-15(13)19(14)12-7-8-12/h1-6,9,12H,7-8H2,(H,20,21). The van der Waals surface area contributed by atoms with Crippen LogP contribution < -0.4 is 0 Å². The molecule has 0 radical (unpaired) electrons. The van der Waals surface area contributed by atoms with E-state index in [9.17, 15) is 4.79 Å². The summed E-state index contributed by atoms with van der Waals surface area (Å²) in [6, 6.07) is 11.1. The van der Waals surface area contributed by atoms with E-state index in [4.69, 9.17) is 5.11 Å². The van der Waals surface area contributed by atoms with Gasteiger partial charge in [0.1, 0.15) is 11.3 Å². The minimum Gasteiger partial charge on any atom is -0.478 e. The zero-order valence-corrected chi connectivity index (χ0v) is 11.2. The maximum atomic E-state index is 10.9. The van der Waals surface area contributed by atoms with Gasteiger partial charge in [0.25, 0.3) is 0 Å². The molecule has 2 aromatic heterocycles. The lowest BCUT2D eigenvalue weighted by molar-refractivity contribution is 0.0697. The fraction of sp³-hybridized carbons (Fsp3) is 0.188. The molecule has 2 heterocycles. The Bertz CT molecular complexity index is 832. The first-order valence-electron chi connectivity index (χ1n) is 6.91. The third kappa shape index (κ3) is 1.98. The highest BCUT2D eigenvalue weighted by molar-refractivity contribution is 5.88. The molecule has 1 aliphatic rings. The predicted octanol–water partition coefficient (Wildman–Crippen LogP) is 3.13. The lowest BCUT2D eigenvalue weighted by Crippen LogP contribution is -1.99. The molecule has 0 atom stereocenters. The summed E-state index contributed by atoms with van der Waals surface area (Å²) in [7, 11) is 0. The summed E-state index contributed by atoms with van der Waals surface area (Å²) in [6.45, 7) is 0. The van der Waals surface area contributed by atoms with E-state index in [1.54, 1.807) is 18.3 Å². The van der Waals surface area contributed by atoms with E-state index in [-0.39, 0.29) is 5.56 Å². The number of aromatic nitrogens is 3. The van der Waals surface area contributed by atoms with Crippen molar-refractivity contribution in [1.82, 2.24) is 14.5 Å². The Balaban J connectivity index is 1.89. The molecule has 1 N–H and O–H groups in total. The third-order valence-corrected chi connectivity index (χ3v) is 3.75. The number of carboxylic acids is 1. The SMILES string of the molecule is O=C(O)c1ccc(-c2nc3cccnc3n2C2CC2)cc1.